The van der Waals surface area contributed by atoms with Gasteiger partial charge in [0, 0.05) is 11.7 Å². The van der Waals surface area contributed by atoms with E-state index in [1.54, 1.807) is 0 Å². The first-order chi connectivity index (χ1) is 8.06. The van der Waals surface area contributed by atoms with Crippen LogP contribution in [0.1, 0.15) is 44.7 Å². The molecule has 0 aliphatic heterocycles. The summed E-state index contributed by atoms with van der Waals surface area (Å²) in [7, 11) is 0. The molecule has 0 fully saturated rings. The van der Waals surface area contributed by atoms with Gasteiger partial charge in [-0.2, -0.15) is 5.26 Å². The van der Waals surface area contributed by atoms with E-state index in [0.29, 0.717) is 6.04 Å². The summed E-state index contributed by atoms with van der Waals surface area (Å²) in [5.41, 5.74) is 2.90. The van der Waals surface area contributed by atoms with Crippen LogP contribution in [0.4, 0.5) is 5.69 Å². The molecule has 1 aromatic rings. The molecule has 0 spiro atoms. The minimum Gasteiger partial charge on any atom is -0.383 e. The Morgan fingerprint density at radius 1 is 1.35 bits per heavy atom. The van der Waals surface area contributed by atoms with Crippen molar-refractivity contribution >= 4 is 5.69 Å². The summed E-state index contributed by atoms with van der Waals surface area (Å²) in [6.07, 6.45) is 2.40. The fraction of sp³-hybridized carbons (Fsp3) is 0.533. The smallest absolute Gasteiger partial charge is 0.0994 e. The van der Waals surface area contributed by atoms with Crippen LogP contribution in [-0.4, -0.2) is 6.04 Å². The molecular formula is C15H22N2. The Labute approximate surface area is 105 Å². The molecule has 0 aliphatic carbocycles. The molecule has 0 radical (unpaired) electrons. The zero-order valence-corrected chi connectivity index (χ0v) is 11.2. The van der Waals surface area contributed by atoms with Gasteiger partial charge in [0.15, 0.2) is 0 Å². The van der Waals surface area contributed by atoms with Crippen molar-refractivity contribution in [1.82, 2.24) is 0 Å². The van der Waals surface area contributed by atoms with Gasteiger partial charge in [-0.05, 0) is 49.9 Å². The number of nitrogens with zero attached hydrogens (tertiary/aromatic N) is 1. The van der Waals surface area contributed by atoms with Crippen LogP contribution < -0.4 is 5.32 Å². The number of anilines is 1. The van der Waals surface area contributed by atoms with Gasteiger partial charge in [0.2, 0.25) is 0 Å². The van der Waals surface area contributed by atoms with Gasteiger partial charge in [-0.1, -0.05) is 20.3 Å². The summed E-state index contributed by atoms with van der Waals surface area (Å²) < 4.78 is 0. The predicted octanol–water partition coefficient (Wildman–Crippen LogP) is 4.10. The van der Waals surface area contributed by atoms with Crippen molar-refractivity contribution in [1.29, 1.82) is 5.26 Å². The number of nitriles is 1. The topological polar surface area (TPSA) is 35.8 Å². The lowest BCUT2D eigenvalue weighted by Crippen LogP contribution is -2.18. The van der Waals surface area contributed by atoms with Gasteiger partial charge in [0.05, 0.1) is 11.6 Å². The molecule has 92 valence electrons. The molecule has 0 saturated heterocycles. The normalized spacial score (nSPS) is 13.8. The Morgan fingerprint density at radius 3 is 2.59 bits per heavy atom. The Bertz CT molecular complexity index is 404. The number of hydrogen-bond donors (Lipinski definition) is 1. The highest BCUT2D eigenvalue weighted by molar-refractivity contribution is 5.51. The Balaban J connectivity index is 2.63. The first-order valence-corrected chi connectivity index (χ1v) is 6.34. The number of hydrogen-bond acceptors (Lipinski definition) is 2. The van der Waals surface area contributed by atoms with Crippen LogP contribution in [0.3, 0.4) is 0 Å². The highest BCUT2D eigenvalue weighted by Crippen LogP contribution is 2.18. The van der Waals surface area contributed by atoms with Crippen molar-refractivity contribution in [3.63, 3.8) is 0 Å². The average Bonchev–Trinajstić information content (AvgIpc) is 2.29. The maximum atomic E-state index is 8.87. The minimum atomic E-state index is 0.470. The Hall–Kier alpha value is -1.49. The van der Waals surface area contributed by atoms with Crippen LogP contribution in [-0.2, 0) is 0 Å². The van der Waals surface area contributed by atoms with Gasteiger partial charge in [0.25, 0.3) is 0 Å². The number of aryl methyl sites for hydroxylation is 1. The van der Waals surface area contributed by atoms with Crippen LogP contribution in [0.2, 0.25) is 0 Å². The highest BCUT2D eigenvalue weighted by Gasteiger charge is 2.07. The molecule has 0 heterocycles. The lowest BCUT2D eigenvalue weighted by Gasteiger charge is -2.19. The quantitative estimate of drug-likeness (QED) is 0.826. The summed E-state index contributed by atoms with van der Waals surface area (Å²) in [6.45, 7) is 8.69. The van der Waals surface area contributed by atoms with Gasteiger partial charge < -0.3 is 5.32 Å². The molecule has 17 heavy (non-hydrogen) atoms. The number of rotatable bonds is 5. The molecule has 0 aromatic heterocycles. The predicted molar refractivity (Wildman–Crippen MR) is 73.1 cm³/mol. The first kappa shape index (κ1) is 13.6. The molecule has 0 aliphatic rings. The third-order valence-corrected chi connectivity index (χ3v) is 3.21. The van der Waals surface area contributed by atoms with E-state index in [9.17, 15) is 0 Å². The van der Waals surface area contributed by atoms with Gasteiger partial charge >= 0.3 is 0 Å². The Morgan fingerprint density at radius 2 is 2.06 bits per heavy atom. The van der Waals surface area contributed by atoms with Crippen LogP contribution >= 0.6 is 0 Å². The molecule has 1 N–H and O–H groups in total. The van der Waals surface area contributed by atoms with Crippen molar-refractivity contribution in [3.05, 3.63) is 29.3 Å². The van der Waals surface area contributed by atoms with E-state index in [1.165, 1.54) is 12.8 Å². The van der Waals surface area contributed by atoms with Crippen LogP contribution in [0.15, 0.2) is 18.2 Å². The second-order valence-corrected chi connectivity index (χ2v) is 4.94. The van der Waals surface area contributed by atoms with Gasteiger partial charge in [-0.25, -0.2) is 0 Å². The molecule has 0 bridgehead atoms. The summed E-state index contributed by atoms with van der Waals surface area (Å²) in [4.78, 5) is 0. The monoisotopic (exact) mass is 230 g/mol. The van der Waals surface area contributed by atoms with Gasteiger partial charge in [0.1, 0.15) is 0 Å². The lowest BCUT2D eigenvalue weighted by atomic mass is 10.00. The zero-order chi connectivity index (χ0) is 12.8. The van der Waals surface area contributed by atoms with Crippen LogP contribution in [0.25, 0.3) is 0 Å². The zero-order valence-electron chi connectivity index (χ0n) is 11.2. The standard InChI is InChI=1S/C15H22N2/c1-5-11(2)8-13(4)17-15-7-6-14(10-16)12(3)9-15/h6-7,9,11,13,17H,5,8H2,1-4H3. The van der Waals surface area contributed by atoms with E-state index < -0.39 is 0 Å². The summed E-state index contributed by atoms with van der Waals surface area (Å²) in [5, 5.41) is 12.4. The number of nitrogens with one attached hydrogen (secondary N) is 1. The average molecular weight is 230 g/mol. The lowest BCUT2D eigenvalue weighted by molar-refractivity contribution is 0.484. The second kappa shape index (κ2) is 6.30. The van der Waals surface area contributed by atoms with E-state index in [-0.39, 0.29) is 0 Å². The molecule has 2 unspecified atom stereocenters. The molecule has 2 nitrogen and oxygen atoms in total. The van der Waals surface area contributed by atoms with Crippen molar-refractivity contribution in [3.8, 4) is 6.07 Å². The third-order valence-electron chi connectivity index (χ3n) is 3.21. The van der Waals surface area contributed by atoms with Crippen LogP contribution in [0, 0.1) is 24.2 Å². The van der Waals surface area contributed by atoms with Crippen molar-refractivity contribution in [2.24, 2.45) is 5.92 Å². The highest BCUT2D eigenvalue weighted by atomic mass is 14.9. The van der Waals surface area contributed by atoms with Gasteiger partial charge in [-0.3, -0.25) is 0 Å². The maximum absolute atomic E-state index is 8.87. The van der Waals surface area contributed by atoms with E-state index in [2.05, 4.69) is 32.2 Å². The first-order valence-electron chi connectivity index (χ1n) is 6.34. The van der Waals surface area contributed by atoms with E-state index in [1.807, 2.05) is 25.1 Å². The fourth-order valence-electron chi connectivity index (χ4n) is 1.99. The van der Waals surface area contributed by atoms with Crippen molar-refractivity contribution < 1.29 is 0 Å². The maximum Gasteiger partial charge on any atom is 0.0994 e. The molecule has 2 atom stereocenters. The van der Waals surface area contributed by atoms with Crippen molar-refractivity contribution in [2.45, 2.75) is 46.6 Å². The largest absolute Gasteiger partial charge is 0.383 e. The summed E-state index contributed by atoms with van der Waals surface area (Å²) >= 11 is 0. The van der Waals surface area contributed by atoms with Gasteiger partial charge in [-0.15, -0.1) is 0 Å². The van der Waals surface area contributed by atoms with Crippen molar-refractivity contribution in [2.75, 3.05) is 5.32 Å². The minimum absolute atomic E-state index is 0.470. The fourth-order valence-corrected chi connectivity index (χ4v) is 1.99. The molecule has 0 amide bonds. The van der Waals surface area contributed by atoms with E-state index in [4.69, 9.17) is 5.26 Å². The van der Waals surface area contributed by atoms with E-state index >= 15 is 0 Å². The van der Waals surface area contributed by atoms with E-state index in [0.717, 1.165) is 22.7 Å². The Kier molecular flexibility index (Phi) is 5.03. The molecule has 2 heteroatoms. The molecule has 1 aromatic carbocycles. The molecule has 0 saturated carbocycles. The van der Waals surface area contributed by atoms with Crippen LogP contribution in [0.5, 0.6) is 0 Å². The number of benzene rings is 1. The second-order valence-electron chi connectivity index (χ2n) is 4.94. The summed E-state index contributed by atoms with van der Waals surface area (Å²) in [5.74, 6) is 0.747. The molecular weight excluding hydrogens is 208 g/mol. The third kappa shape index (κ3) is 4.11. The molecule has 1 rings (SSSR count). The summed E-state index contributed by atoms with van der Waals surface area (Å²) in [6, 6.07) is 8.57. The SMILES string of the molecule is CCC(C)CC(C)Nc1ccc(C#N)c(C)c1.